The maximum atomic E-state index is 13.6. The number of halogens is 2. The van der Waals surface area contributed by atoms with Crippen molar-refractivity contribution in [2.45, 2.75) is 50.5 Å². The van der Waals surface area contributed by atoms with Crippen LogP contribution >= 0.6 is 11.6 Å². The van der Waals surface area contributed by atoms with Crippen molar-refractivity contribution in [1.82, 2.24) is 5.32 Å². The molecular formula is C24H28ClFN2O3. The molecule has 3 N–H and O–H groups in total. The molecule has 31 heavy (non-hydrogen) atoms. The second-order valence-electron chi connectivity index (χ2n) is 8.06. The summed E-state index contributed by atoms with van der Waals surface area (Å²) in [6, 6.07) is 14.1. The Balaban J connectivity index is 1.62. The summed E-state index contributed by atoms with van der Waals surface area (Å²) in [4.78, 5) is 24.8. The van der Waals surface area contributed by atoms with Gasteiger partial charge in [-0.1, -0.05) is 48.4 Å². The van der Waals surface area contributed by atoms with E-state index in [0.29, 0.717) is 5.92 Å². The van der Waals surface area contributed by atoms with Crippen molar-refractivity contribution in [3.63, 3.8) is 0 Å². The molecule has 0 heterocycles. The lowest BCUT2D eigenvalue weighted by Gasteiger charge is -2.37. The van der Waals surface area contributed by atoms with Crippen LogP contribution in [0.4, 0.5) is 10.1 Å². The van der Waals surface area contributed by atoms with E-state index in [0.717, 1.165) is 44.6 Å². The van der Waals surface area contributed by atoms with Gasteiger partial charge in [0.05, 0.1) is 5.02 Å². The Hall–Kier alpha value is -2.44. The SMILES string of the molecule is O=C(Nc1ccc(Cl)c(F)c1)C(=O)NC1CCC(c2ccccc2)CC1CCCCO. The lowest BCUT2D eigenvalue weighted by Crippen LogP contribution is -2.47. The van der Waals surface area contributed by atoms with Gasteiger partial charge < -0.3 is 15.7 Å². The van der Waals surface area contributed by atoms with Crippen molar-refractivity contribution in [2.24, 2.45) is 5.92 Å². The van der Waals surface area contributed by atoms with Crippen LogP contribution in [0.15, 0.2) is 48.5 Å². The van der Waals surface area contributed by atoms with E-state index >= 15 is 0 Å². The first-order valence-corrected chi connectivity index (χ1v) is 11.1. The summed E-state index contributed by atoms with van der Waals surface area (Å²) >= 11 is 5.65. The van der Waals surface area contributed by atoms with Crippen molar-refractivity contribution in [3.05, 3.63) is 64.9 Å². The van der Waals surface area contributed by atoms with Gasteiger partial charge in [0, 0.05) is 18.3 Å². The standard InChI is InChI=1S/C24H28ClFN2O3/c25-20-11-10-19(15-21(20)26)27-23(30)24(31)28-22-12-9-17(16-6-2-1-3-7-16)14-18(22)8-4-5-13-29/h1-3,6-7,10-11,15,17-18,22,29H,4-5,8-9,12-14H2,(H,27,30)(H,28,31). The predicted molar refractivity (Wildman–Crippen MR) is 119 cm³/mol. The highest BCUT2D eigenvalue weighted by atomic mass is 35.5. The molecule has 3 rings (SSSR count). The number of anilines is 1. The van der Waals surface area contributed by atoms with E-state index in [-0.39, 0.29) is 29.3 Å². The third-order valence-electron chi connectivity index (χ3n) is 5.94. The van der Waals surface area contributed by atoms with Crippen LogP contribution in [0.5, 0.6) is 0 Å². The summed E-state index contributed by atoms with van der Waals surface area (Å²) < 4.78 is 13.6. The predicted octanol–water partition coefficient (Wildman–Crippen LogP) is 4.65. The van der Waals surface area contributed by atoms with Crippen LogP contribution in [0.3, 0.4) is 0 Å². The first kappa shape index (κ1) is 23.2. The zero-order valence-corrected chi connectivity index (χ0v) is 18.1. The third kappa shape index (κ3) is 6.52. The fraction of sp³-hybridized carbons (Fsp3) is 0.417. The Kier molecular flexibility index (Phi) is 8.43. The summed E-state index contributed by atoms with van der Waals surface area (Å²) in [5.41, 5.74) is 1.47. The molecule has 2 aromatic carbocycles. The fourth-order valence-electron chi connectivity index (χ4n) is 4.32. The molecule has 0 radical (unpaired) electrons. The highest BCUT2D eigenvalue weighted by molar-refractivity contribution is 6.39. The number of hydrogen-bond donors (Lipinski definition) is 3. The molecule has 0 bridgehead atoms. The molecule has 0 aliphatic heterocycles. The topological polar surface area (TPSA) is 78.4 Å². The van der Waals surface area contributed by atoms with Gasteiger partial charge in [0.1, 0.15) is 5.82 Å². The average Bonchev–Trinajstić information content (AvgIpc) is 2.78. The Labute approximate surface area is 187 Å². The Bertz CT molecular complexity index is 894. The van der Waals surface area contributed by atoms with Crippen LogP contribution in [0.2, 0.25) is 5.02 Å². The largest absolute Gasteiger partial charge is 0.396 e. The molecule has 7 heteroatoms. The minimum atomic E-state index is -0.832. The zero-order valence-electron chi connectivity index (χ0n) is 17.3. The van der Waals surface area contributed by atoms with Crippen molar-refractivity contribution < 1.29 is 19.1 Å². The second kappa shape index (κ2) is 11.3. The number of unbranched alkanes of at least 4 members (excludes halogenated alkanes) is 1. The van der Waals surface area contributed by atoms with Gasteiger partial charge in [-0.3, -0.25) is 9.59 Å². The number of amides is 2. The van der Waals surface area contributed by atoms with Crippen molar-refractivity contribution in [1.29, 1.82) is 0 Å². The summed E-state index contributed by atoms with van der Waals surface area (Å²) in [6.45, 7) is 0.145. The van der Waals surface area contributed by atoms with Crippen LogP contribution in [0, 0.1) is 11.7 Å². The van der Waals surface area contributed by atoms with Gasteiger partial charge in [0.2, 0.25) is 0 Å². The molecule has 3 unspecified atom stereocenters. The van der Waals surface area contributed by atoms with Gasteiger partial charge in [0.25, 0.3) is 0 Å². The Morgan fingerprint density at radius 2 is 1.84 bits per heavy atom. The van der Waals surface area contributed by atoms with Gasteiger partial charge in [-0.2, -0.15) is 0 Å². The summed E-state index contributed by atoms with van der Waals surface area (Å²) in [5.74, 6) is -1.59. The second-order valence-corrected chi connectivity index (χ2v) is 8.47. The summed E-state index contributed by atoms with van der Waals surface area (Å²) in [7, 11) is 0. The molecular weight excluding hydrogens is 419 g/mol. The normalized spacial score (nSPS) is 20.8. The van der Waals surface area contributed by atoms with E-state index in [4.69, 9.17) is 16.7 Å². The fourth-order valence-corrected chi connectivity index (χ4v) is 4.43. The Morgan fingerprint density at radius 3 is 2.55 bits per heavy atom. The van der Waals surface area contributed by atoms with E-state index in [2.05, 4.69) is 22.8 Å². The maximum Gasteiger partial charge on any atom is 0.313 e. The van der Waals surface area contributed by atoms with E-state index < -0.39 is 17.6 Å². The smallest absolute Gasteiger partial charge is 0.313 e. The lowest BCUT2D eigenvalue weighted by molar-refractivity contribution is -0.137. The van der Waals surface area contributed by atoms with Crippen LogP contribution < -0.4 is 10.6 Å². The first-order chi connectivity index (χ1) is 15.0. The molecule has 1 saturated carbocycles. The number of nitrogens with one attached hydrogen (secondary N) is 2. The van der Waals surface area contributed by atoms with Crippen LogP contribution in [-0.4, -0.2) is 29.6 Å². The van der Waals surface area contributed by atoms with E-state index in [9.17, 15) is 14.0 Å². The van der Waals surface area contributed by atoms with E-state index in [1.807, 2.05) is 18.2 Å². The average molecular weight is 447 g/mol. The minimum absolute atomic E-state index is 0.0525. The number of aliphatic hydroxyl groups excluding tert-OH is 1. The van der Waals surface area contributed by atoms with Crippen molar-refractivity contribution in [2.75, 3.05) is 11.9 Å². The molecule has 2 amide bonds. The molecule has 1 aliphatic rings. The minimum Gasteiger partial charge on any atom is -0.396 e. The highest BCUT2D eigenvalue weighted by Gasteiger charge is 2.33. The molecule has 166 valence electrons. The van der Waals surface area contributed by atoms with E-state index in [1.54, 1.807) is 0 Å². The van der Waals surface area contributed by atoms with E-state index in [1.165, 1.54) is 17.7 Å². The maximum absolute atomic E-state index is 13.6. The molecule has 1 fully saturated rings. The number of aliphatic hydroxyl groups is 1. The number of benzene rings is 2. The monoisotopic (exact) mass is 446 g/mol. The molecule has 0 aromatic heterocycles. The molecule has 1 aliphatic carbocycles. The molecule has 0 spiro atoms. The van der Waals surface area contributed by atoms with Gasteiger partial charge in [-0.05, 0) is 67.7 Å². The number of carbonyl (C=O) groups is 2. The van der Waals surface area contributed by atoms with Crippen molar-refractivity contribution >= 4 is 29.1 Å². The lowest BCUT2D eigenvalue weighted by atomic mass is 9.73. The quantitative estimate of drug-likeness (QED) is 0.428. The Morgan fingerprint density at radius 1 is 1.06 bits per heavy atom. The van der Waals surface area contributed by atoms with Crippen LogP contribution in [0.1, 0.15) is 50.0 Å². The van der Waals surface area contributed by atoms with Gasteiger partial charge in [-0.15, -0.1) is 0 Å². The van der Waals surface area contributed by atoms with Crippen LogP contribution in [-0.2, 0) is 9.59 Å². The van der Waals surface area contributed by atoms with Gasteiger partial charge >= 0.3 is 11.8 Å². The molecule has 3 atom stereocenters. The van der Waals surface area contributed by atoms with Crippen LogP contribution in [0.25, 0.3) is 0 Å². The number of rotatable bonds is 7. The molecule has 2 aromatic rings. The summed E-state index contributed by atoms with van der Waals surface area (Å²) in [5, 5.41) is 14.4. The highest BCUT2D eigenvalue weighted by Crippen LogP contribution is 2.38. The number of carbonyl (C=O) groups excluding carboxylic acids is 2. The third-order valence-corrected chi connectivity index (χ3v) is 6.24. The zero-order chi connectivity index (χ0) is 22.2. The number of hydrogen-bond acceptors (Lipinski definition) is 3. The van der Waals surface area contributed by atoms with Gasteiger partial charge in [0.15, 0.2) is 0 Å². The van der Waals surface area contributed by atoms with Crippen molar-refractivity contribution in [3.8, 4) is 0 Å². The summed E-state index contributed by atoms with van der Waals surface area (Å²) in [6.07, 6.45) is 5.08. The first-order valence-electron chi connectivity index (χ1n) is 10.7. The molecule has 0 saturated heterocycles. The molecule has 5 nitrogen and oxygen atoms in total. The van der Waals surface area contributed by atoms with Gasteiger partial charge in [-0.25, -0.2) is 4.39 Å².